The minimum Gasteiger partial charge on any atom is -0.350 e. The van der Waals surface area contributed by atoms with Crippen molar-refractivity contribution in [1.82, 2.24) is 5.32 Å². The van der Waals surface area contributed by atoms with Crippen LogP contribution in [0.1, 0.15) is 37.0 Å². The van der Waals surface area contributed by atoms with Crippen molar-refractivity contribution in [3.63, 3.8) is 0 Å². The van der Waals surface area contributed by atoms with Crippen LogP contribution in [0.25, 0.3) is 0 Å². The second kappa shape index (κ2) is 5.76. The van der Waals surface area contributed by atoms with E-state index in [1.807, 2.05) is 19.1 Å². The maximum absolute atomic E-state index is 11.8. The number of hydrogen-bond donors (Lipinski definition) is 1. The van der Waals surface area contributed by atoms with E-state index in [1.54, 1.807) is 12.1 Å². The molecule has 0 aliphatic carbocycles. The van der Waals surface area contributed by atoms with Crippen LogP contribution in [-0.2, 0) is 0 Å². The molecule has 1 rings (SSSR count). The van der Waals surface area contributed by atoms with Gasteiger partial charge < -0.3 is 5.32 Å². The zero-order chi connectivity index (χ0) is 11.3. The number of amides is 1. The highest BCUT2D eigenvalue weighted by Gasteiger charge is 2.11. The lowest BCUT2D eigenvalue weighted by atomic mass is 10.1. The molecule has 0 bridgehead atoms. The van der Waals surface area contributed by atoms with Crippen LogP contribution in [0.4, 0.5) is 0 Å². The summed E-state index contributed by atoms with van der Waals surface area (Å²) in [4.78, 5) is 11.8. The standard InChI is InChI=1S/C12H16ClNO/c1-3-6-9(2)14-12(15)10-7-4-5-8-11(10)13/h4-5,7-9H,3,6H2,1-2H3,(H,14,15)/t9-/m1/s1. The van der Waals surface area contributed by atoms with E-state index < -0.39 is 0 Å². The van der Waals surface area contributed by atoms with Gasteiger partial charge >= 0.3 is 0 Å². The van der Waals surface area contributed by atoms with Gasteiger partial charge in [-0.15, -0.1) is 0 Å². The van der Waals surface area contributed by atoms with Crippen molar-refractivity contribution in [1.29, 1.82) is 0 Å². The molecular formula is C12H16ClNO. The summed E-state index contributed by atoms with van der Waals surface area (Å²) in [5.74, 6) is -0.0958. The Bertz CT molecular complexity index is 338. The molecule has 0 saturated heterocycles. The summed E-state index contributed by atoms with van der Waals surface area (Å²) >= 11 is 5.92. The summed E-state index contributed by atoms with van der Waals surface area (Å²) in [5.41, 5.74) is 0.544. The monoisotopic (exact) mass is 225 g/mol. The van der Waals surface area contributed by atoms with Gasteiger partial charge in [-0.2, -0.15) is 0 Å². The van der Waals surface area contributed by atoms with E-state index in [9.17, 15) is 4.79 Å². The summed E-state index contributed by atoms with van der Waals surface area (Å²) in [6.07, 6.45) is 2.04. The van der Waals surface area contributed by atoms with E-state index in [1.165, 1.54) is 0 Å². The first kappa shape index (κ1) is 12.1. The van der Waals surface area contributed by atoms with Crippen LogP contribution in [0.15, 0.2) is 24.3 Å². The predicted molar refractivity (Wildman–Crippen MR) is 63.3 cm³/mol. The van der Waals surface area contributed by atoms with Crippen LogP contribution in [0.5, 0.6) is 0 Å². The molecular weight excluding hydrogens is 210 g/mol. The predicted octanol–water partition coefficient (Wildman–Crippen LogP) is 3.26. The summed E-state index contributed by atoms with van der Waals surface area (Å²) in [7, 11) is 0. The smallest absolute Gasteiger partial charge is 0.252 e. The summed E-state index contributed by atoms with van der Waals surface area (Å²) in [6, 6.07) is 7.27. The van der Waals surface area contributed by atoms with Crippen molar-refractivity contribution in [3.8, 4) is 0 Å². The number of halogens is 1. The largest absolute Gasteiger partial charge is 0.350 e. The molecule has 0 radical (unpaired) electrons. The van der Waals surface area contributed by atoms with Crippen molar-refractivity contribution >= 4 is 17.5 Å². The number of rotatable bonds is 4. The fourth-order valence-corrected chi connectivity index (χ4v) is 1.67. The minimum absolute atomic E-state index is 0.0958. The molecule has 3 heteroatoms. The highest BCUT2D eigenvalue weighted by molar-refractivity contribution is 6.33. The number of hydrogen-bond acceptors (Lipinski definition) is 1. The lowest BCUT2D eigenvalue weighted by Crippen LogP contribution is -2.32. The van der Waals surface area contributed by atoms with Crippen LogP contribution in [-0.4, -0.2) is 11.9 Å². The Morgan fingerprint density at radius 2 is 2.13 bits per heavy atom. The van der Waals surface area contributed by atoms with Crippen LogP contribution in [0.3, 0.4) is 0 Å². The lowest BCUT2D eigenvalue weighted by Gasteiger charge is -2.13. The average Bonchev–Trinajstić information content (AvgIpc) is 2.18. The van der Waals surface area contributed by atoms with Crippen molar-refractivity contribution in [3.05, 3.63) is 34.9 Å². The molecule has 0 unspecified atom stereocenters. The van der Waals surface area contributed by atoms with Crippen LogP contribution in [0, 0.1) is 0 Å². The van der Waals surface area contributed by atoms with Gasteiger partial charge in [0.05, 0.1) is 10.6 Å². The third-order valence-corrected chi connectivity index (χ3v) is 2.55. The average molecular weight is 226 g/mol. The lowest BCUT2D eigenvalue weighted by molar-refractivity contribution is 0.0938. The molecule has 0 saturated carbocycles. The van der Waals surface area contributed by atoms with Crippen molar-refractivity contribution < 1.29 is 4.79 Å². The highest BCUT2D eigenvalue weighted by atomic mass is 35.5. The first-order valence-electron chi connectivity index (χ1n) is 5.20. The molecule has 0 spiro atoms. The second-order valence-corrected chi connectivity index (χ2v) is 4.05. The quantitative estimate of drug-likeness (QED) is 0.838. The third kappa shape index (κ3) is 3.56. The number of nitrogens with one attached hydrogen (secondary N) is 1. The summed E-state index contributed by atoms with van der Waals surface area (Å²) in [5, 5.41) is 3.41. The number of carbonyl (C=O) groups excluding carboxylic acids is 1. The molecule has 0 aromatic heterocycles. The van der Waals surface area contributed by atoms with E-state index in [4.69, 9.17) is 11.6 Å². The van der Waals surface area contributed by atoms with E-state index in [0.29, 0.717) is 10.6 Å². The zero-order valence-corrected chi connectivity index (χ0v) is 9.84. The van der Waals surface area contributed by atoms with Crippen molar-refractivity contribution in [2.24, 2.45) is 0 Å². The van der Waals surface area contributed by atoms with E-state index in [-0.39, 0.29) is 11.9 Å². The Morgan fingerprint density at radius 1 is 1.47 bits per heavy atom. The highest BCUT2D eigenvalue weighted by Crippen LogP contribution is 2.14. The molecule has 2 nitrogen and oxygen atoms in total. The second-order valence-electron chi connectivity index (χ2n) is 3.64. The molecule has 1 aromatic carbocycles. The molecule has 15 heavy (non-hydrogen) atoms. The molecule has 0 fully saturated rings. The molecule has 1 amide bonds. The molecule has 0 aliphatic rings. The van der Waals surface area contributed by atoms with E-state index in [0.717, 1.165) is 12.8 Å². The summed E-state index contributed by atoms with van der Waals surface area (Å²) < 4.78 is 0. The fraction of sp³-hybridized carbons (Fsp3) is 0.417. The van der Waals surface area contributed by atoms with Gasteiger partial charge in [0.2, 0.25) is 0 Å². The van der Waals surface area contributed by atoms with Gasteiger partial charge in [0.15, 0.2) is 0 Å². The SMILES string of the molecule is CCC[C@@H](C)NC(=O)c1ccccc1Cl. The van der Waals surface area contributed by atoms with Gasteiger partial charge in [0.25, 0.3) is 5.91 Å². The van der Waals surface area contributed by atoms with Crippen LogP contribution in [0.2, 0.25) is 5.02 Å². The Morgan fingerprint density at radius 3 is 2.73 bits per heavy atom. The maximum atomic E-state index is 11.8. The Hall–Kier alpha value is -1.02. The Balaban J connectivity index is 2.65. The van der Waals surface area contributed by atoms with Gasteiger partial charge in [0, 0.05) is 6.04 Å². The molecule has 1 N–H and O–H groups in total. The van der Waals surface area contributed by atoms with Crippen LogP contribution >= 0.6 is 11.6 Å². The molecule has 82 valence electrons. The van der Waals surface area contributed by atoms with Gasteiger partial charge in [-0.05, 0) is 25.5 Å². The number of benzene rings is 1. The normalized spacial score (nSPS) is 12.2. The number of carbonyl (C=O) groups is 1. The zero-order valence-electron chi connectivity index (χ0n) is 9.09. The third-order valence-electron chi connectivity index (χ3n) is 2.22. The minimum atomic E-state index is -0.0958. The molecule has 0 heterocycles. The molecule has 0 aliphatic heterocycles. The Labute approximate surface area is 95.6 Å². The van der Waals surface area contributed by atoms with Crippen LogP contribution < -0.4 is 5.32 Å². The Kier molecular flexibility index (Phi) is 4.63. The van der Waals surface area contributed by atoms with Gasteiger partial charge in [-0.25, -0.2) is 0 Å². The van der Waals surface area contributed by atoms with Gasteiger partial charge in [0.1, 0.15) is 0 Å². The first-order valence-corrected chi connectivity index (χ1v) is 5.58. The van der Waals surface area contributed by atoms with Crippen molar-refractivity contribution in [2.45, 2.75) is 32.7 Å². The van der Waals surface area contributed by atoms with Gasteiger partial charge in [-0.1, -0.05) is 37.1 Å². The van der Waals surface area contributed by atoms with E-state index >= 15 is 0 Å². The molecule has 1 atom stereocenters. The first-order chi connectivity index (χ1) is 7.15. The maximum Gasteiger partial charge on any atom is 0.252 e. The topological polar surface area (TPSA) is 29.1 Å². The fourth-order valence-electron chi connectivity index (χ4n) is 1.45. The van der Waals surface area contributed by atoms with Crippen molar-refractivity contribution in [2.75, 3.05) is 0 Å². The molecule has 1 aromatic rings. The summed E-state index contributed by atoms with van der Waals surface area (Å²) in [6.45, 7) is 4.09. The van der Waals surface area contributed by atoms with E-state index in [2.05, 4.69) is 12.2 Å². The van der Waals surface area contributed by atoms with Gasteiger partial charge in [-0.3, -0.25) is 4.79 Å².